The normalized spacial score (nSPS) is 31.6. The van der Waals surface area contributed by atoms with Gasteiger partial charge in [0.05, 0.1) is 13.2 Å². The maximum atomic E-state index is 5.39. The molecule has 0 radical (unpaired) electrons. The lowest BCUT2D eigenvalue weighted by atomic mass is 9.89. The summed E-state index contributed by atoms with van der Waals surface area (Å²) >= 11 is 0. The first-order valence-corrected chi connectivity index (χ1v) is 8.27. The lowest BCUT2D eigenvalue weighted by Gasteiger charge is -2.28. The molecule has 21 heavy (non-hydrogen) atoms. The maximum absolute atomic E-state index is 5.39. The van der Waals surface area contributed by atoms with E-state index in [1.807, 2.05) is 0 Å². The van der Waals surface area contributed by atoms with Crippen LogP contribution >= 0.6 is 0 Å². The lowest BCUT2D eigenvalue weighted by Crippen LogP contribution is -2.36. The van der Waals surface area contributed by atoms with E-state index >= 15 is 0 Å². The monoisotopic (exact) mass is 288 g/mol. The Kier molecular flexibility index (Phi) is 3.67. The summed E-state index contributed by atoms with van der Waals surface area (Å²) in [6.07, 6.45) is 7.47. The van der Waals surface area contributed by atoms with Crippen LogP contribution in [0.3, 0.4) is 0 Å². The summed E-state index contributed by atoms with van der Waals surface area (Å²) in [5, 5.41) is 3.54. The van der Waals surface area contributed by atoms with Gasteiger partial charge in [-0.1, -0.05) is 6.42 Å². The van der Waals surface area contributed by atoms with Gasteiger partial charge in [0.15, 0.2) is 0 Å². The summed E-state index contributed by atoms with van der Waals surface area (Å²) in [5.74, 6) is 4.81. The topological polar surface area (TPSA) is 50.3 Å². The quantitative estimate of drug-likeness (QED) is 0.920. The van der Waals surface area contributed by atoms with Crippen molar-refractivity contribution < 1.29 is 4.74 Å². The predicted octanol–water partition coefficient (Wildman–Crippen LogP) is 2.16. The maximum Gasteiger partial charge on any atom is 0.134 e. The fraction of sp³-hybridized carbons (Fsp3) is 0.750. The third-order valence-electron chi connectivity index (χ3n) is 5.42. The van der Waals surface area contributed by atoms with Crippen molar-refractivity contribution in [3.05, 3.63) is 12.4 Å². The van der Waals surface area contributed by atoms with Crippen molar-refractivity contribution in [3.8, 4) is 0 Å². The average Bonchev–Trinajstić information content (AvgIpc) is 3.17. The van der Waals surface area contributed by atoms with Crippen molar-refractivity contribution in [3.63, 3.8) is 0 Å². The molecule has 2 saturated carbocycles. The van der Waals surface area contributed by atoms with Crippen LogP contribution in [0.25, 0.3) is 0 Å². The molecule has 0 spiro atoms. The summed E-state index contributed by atoms with van der Waals surface area (Å²) in [6.45, 7) is 4.49. The van der Waals surface area contributed by atoms with Crippen molar-refractivity contribution in [1.82, 2.24) is 9.97 Å². The van der Waals surface area contributed by atoms with Crippen LogP contribution in [0.1, 0.15) is 25.7 Å². The standard InChI is InChI=1S/C16H24N4O/c1-2-13-7-12(1)8-14(13)10-17-15-9-16(19-11-18-15)20-3-5-21-6-4-20/h9,11-14H,1-8,10H2,(H,17,18,19). The Morgan fingerprint density at radius 1 is 1.19 bits per heavy atom. The van der Waals surface area contributed by atoms with Crippen LogP contribution in [0.4, 0.5) is 11.6 Å². The van der Waals surface area contributed by atoms with Crippen LogP contribution in [0, 0.1) is 17.8 Å². The number of nitrogens with zero attached hydrogens (tertiary/aromatic N) is 3. The fourth-order valence-corrected chi connectivity index (χ4v) is 4.27. The second-order valence-corrected chi connectivity index (χ2v) is 6.68. The number of aromatic nitrogens is 2. The molecule has 4 rings (SSSR count). The second kappa shape index (κ2) is 5.79. The molecule has 1 saturated heterocycles. The molecule has 3 unspecified atom stereocenters. The van der Waals surface area contributed by atoms with Gasteiger partial charge in [-0.2, -0.15) is 0 Å². The molecule has 3 fully saturated rings. The van der Waals surface area contributed by atoms with Gasteiger partial charge in [-0.15, -0.1) is 0 Å². The van der Waals surface area contributed by atoms with Crippen LogP contribution in [0.15, 0.2) is 12.4 Å². The van der Waals surface area contributed by atoms with Crippen LogP contribution < -0.4 is 10.2 Å². The third-order valence-corrected chi connectivity index (χ3v) is 5.42. The Morgan fingerprint density at radius 3 is 2.86 bits per heavy atom. The van der Waals surface area contributed by atoms with Gasteiger partial charge in [0.2, 0.25) is 0 Å². The van der Waals surface area contributed by atoms with Crippen LogP contribution in [-0.2, 0) is 4.74 Å². The van der Waals surface area contributed by atoms with E-state index in [0.717, 1.165) is 62.2 Å². The average molecular weight is 288 g/mol. The predicted molar refractivity (Wildman–Crippen MR) is 82.5 cm³/mol. The molecular weight excluding hydrogens is 264 g/mol. The van der Waals surface area contributed by atoms with E-state index in [2.05, 4.69) is 26.3 Å². The van der Waals surface area contributed by atoms with Crippen molar-refractivity contribution in [1.29, 1.82) is 0 Å². The van der Waals surface area contributed by atoms with Gasteiger partial charge < -0.3 is 15.0 Å². The van der Waals surface area contributed by atoms with Gasteiger partial charge in [-0.05, 0) is 37.0 Å². The van der Waals surface area contributed by atoms with Gasteiger partial charge >= 0.3 is 0 Å². The molecular formula is C16H24N4O. The summed E-state index contributed by atoms with van der Waals surface area (Å²) in [6, 6.07) is 2.08. The van der Waals surface area contributed by atoms with Gasteiger partial charge in [-0.3, -0.25) is 0 Å². The number of hydrogen-bond acceptors (Lipinski definition) is 5. The Labute approximate surface area is 126 Å². The largest absolute Gasteiger partial charge is 0.378 e. The number of hydrogen-bond donors (Lipinski definition) is 1. The Hall–Kier alpha value is -1.36. The molecule has 1 N–H and O–H groups in total. The highest BCUT2D eigenvalue weighted by Crippen LogP contribution is 2.48. The number of fused-ring (bicyclic) bond motifs is 2. The molecule has 0 amide bonds. The van der Waals surface area contributed by atoms with E-state index in [1.54, 1.807) is 6.33 Å². The van der Waals surface area contributed by atoms with Crippen molar-refractivity contribution in [2.45, 2.75) is 25.7 Å². The zero-order chi connectivity index (χ0) is 14.1. The summed E-state index contributed by atoms with van der Waals surface area (Å²) in [7, 11) is 0. The van der Waals surface area contributed by atoms with Crippen LogP contribution in [0.2, 0.25) is 0 Å². The molecule has 1 aromatic heterocycles. The first kappa shape index (κ1) is 13.3. The smallest absolute Gasteiger partial charge is 0.134 e. The molecule has 2 aliphatic carbocycles. The SMILES string of the molecule is c1nc(NCC2CC3CCC2C3)cc(N2CCOCC2)n1. The first-order valence-electron chi connectivity index (χ1n) is 8.27. The van der Waals surface area contributed by atoms with Crippen LogP contribution in [0.5, 0.6) is 0 Å². The van der Waals surface area contributed by atoms with E-state index in [4.69, 9.17) is 4.74 Å². The van der Waals surface area contributed by atoms with Crippen molar-refractivity contribution >= 4 is 11.6 Å². The zero-order valence-electron chi connectivity index (χ0n) is 12.5. The molecule has 2 bridgehead atoms. The van der Waals surface area contributed by atoms with E-state index in [1.165, 1.54) is 25.7 Å². The minimum absolute atomic E-state index is 0.790. The zero-order valence-corrected chi connectivity index (χ0v) is 12.5. The van der Waals surface area contributed by atoms with Crippen LogP contribution in [-0.4, -0.2) is 42.8 Å². The number of morpholine rings is 1. The van der Waals surface area contributed by atoms with Gasteiger partial charge in [-0.25, -0.2) is 9.97 Å². The fourth-order valence-electron chi connectivity index (χ4n) is 4.27. The van der Waals surface area contributed by atoms with E-state index in [9.17, 15) is 0 Å². The van der Waals surface area contributed by atoms with Gasteiger partial charge in [0, 0.05) is 25.7 Å². The molecule has 114 valence electrons. The molecule has 0 aromatic carbocycles. The molecule has 5 heteroatoms. The minimum Gasteiger partial charge on any atom is -0.378 e. The summed E-state index contributed by atoms with van der Waals surface area (Å²) in [4.78, 5) is 11.0. The van der Waals surface area contributed by atoms with E-state index in [0.29, 0.717) is 0 Å². The summed E-state index contributed by atoms with van der Waals surface area (Å²) < 4.78 is 5.39. The molecule has 5 nitrogen and oxygen atoms in total. The van der Waals surface area contributed by atoms with Gasteiger partial charge in [0.1, 0.15) is 18.0 Å². The molecule has 3 aliphatic rings. The van der Waals surface area contributed by atoms with Crippen molar-refractivity contribution in [2.24, 2.45) is 17.8 Å². The molecule has 1 aliphatic heterocycles. The van der Waals surface area contributed by atoms with Crippen molar-refractivity contribution in [2.75, 3.05) is 43.1 Å². The third kappa shape index (κ3) is 2.84. The Bertz CT molecular complexity index is 489. The highest BCUT2D eigenvalue weighted by Gasteiger charge is 2.39. The highest BCUT2D eigenvalue weighted by atomic mass is 16.5. The molecule has 2 heterocycles. The molecule has 1 aromatic rings. The van der Waals surface area contributed by atoms with E-state index < -0.39 is 0 Å². The number of ether oxygens (including phenoxy) is 1. The lowest BCUT2D eigenvalue weighted by molar-refractivity contribution is 0.122. The Balaban J connectivity index is 1.36. The Morgan fingerprint density at radius 2 is 2.10 bits per heavy atom. The number of anilines is 2. The second-order valence-electron chi connectivity index (χ2n) is 6.68. The number of rotatable bonds is 4. The number of nitrogens with one attached hydrogen (secondary N) is 1. The minimum atomic E-state index is 0.790. The van der Waals surface area contributed by atoms with E-state index in [-0.39, 0.29) is 0 Å². The molecule has 3 atom stereocenters. The first-order chi connectivity index (χ1) is 10.4. The summed E-state index contributed by atoms with van der Waals surface area (Å²) in [5.41, 5.74) is 0. The highest BCUT2D eigenvalue weighted by molar-refractivity contribution is 5.48. The van der Waals surface area contributed by atoms with Gasteiger partial charge in [0.25, 0.3) is 0 Å².